The number of halogens is 3. The van der Waals surface area contributed by atoms with Crippen LogP contribution in [0.15, 0.2) is 12.1 Å². The fourth-order valence-corrected chi connectivity index (χ4v) is 1.47. The number of rotatable bonds is 1. The number of benzene rings is 1. The van der Waals surface area contributed by atoms with Crippen LogP contribution in [-0.4, -0.2) is 22.5 Å². The Morgan fingerprint density at radius 2 is 1.55 bits per heavy atom. The zero-order chi connectivity index (χ0) is 8.43. The van der Waals surface area contributed by atoms with Gasteiger partial charge in [0.05, 0.1) is 0 Å². The minimum atomic E-state index is -1.13. The zero-order valence-electron chi connectivity index (χ0n) is 5.50. The standard InChI is InChI=1S/C7H4F3.Sn/c1-4-2-6(9)7(10)3-5(4)8;/h2-3H,1H2;. The quantitative estimate of drug-likeness (QED) is 0.535. The van der Waals surface area contributed by atoms with Gasteiger partial charge in [-0.2, -0.15) is 0 Å². The van der Waals surface area contributed by atoms with Gasteiger partial charge in [0.15, 0.2) is 0 Å². The molecule has 0 heterocycles. The third-order valence-electron chi connectivity index (χ3n) is 1.28. The van der Waals surface area contributed by atoms with Crippen molar-refractivity contribution in [1.29, 1.82) is 0 Å². The number of hydrogen-bond donors (Lipinski definition) is 0. The molecule has 0 amide bonds. The van der Waals surface area contributed by atoms with Crippen molar-refractivity contribution >= 4 is 22.5 Å². The Kier molecular flexibility index (Phi) is 2.81. The first-order valence-electron chi connectivity index (χ1n) is 2.93. The third kappa shape index (κ3) is 1.89. The van der Waals surface area contributed by atoms with Crippen LogP contribution < -0.4 is 0 Å². The average Bonchev–Trinajstić information content (AvgIpc) is 1.97. The SMILES string of the molecule is Fc1cc(F)c([CH2][Sn])cc1F. The van der Waals surface area contributed by atoms with Crippen molar-refractivity contribution in [2.24, 2.45) is 0 Å². The molecular weight excluding hydrogens is 260 g/mol. The maximum absolute atomic E-state index is 12.6. The summed E-state index contributed by atoms with van der Waals surface area (Å²) in [6.07, 6.45) is 0. The van der Waals surface area contributed by atoms with E-state index in [4.69, 9.17) is 0 Å². The first-order chi connectivity index (χ1) is 5.15. The molecule has 0 aliphatic rings. The summed E-state index contributed by atoms with van der Waals surface area (Å²) in [6.45, 7) is 0. The first kappa shape index (κ1) is 8.90. The molecule has 1 aromatic rings. The van der Waals surface area contributed by atoms with Gasteiger partial charge >= 0.3 is 75.3 Å². The summed E-state index contributed by atoms with van der Waals surface area (Å²) in [7, 11) is 0. The van der Waals surface area contributed by atoms with Crippen molar-refractivity contribution in [2.75, 3.05) is 0 Å². The second-order valence-electron chi connectivity index (χ2n) is 2.03. The summed E-state index contributed by atoms with van der Waals surface area (Å²) >= 11 is 1.07. The predicted molar refractivity (Wildman–Crippen MR) is 35.8 cm³/mol. The summed E-state index contributed by atoms with van der Waals surface area (Å²) in [4.78, 5) is 0. The Labute approximate surface area is 75.5 Å². The Balaban J connectivity index is 3.21. The van der Waals surface area contributed by atoms with Crippen LogP contribution in [0.5, 0.6) is 0 Å². The predicted octanol–water partition coefficient (Wildman–Crippen LogP) is 1.77. The fraction of sp³-hybridized carbons (Fsp3) is 0.143. The van der Waals surface area contributed by atoms with Gasteiger partial charge in [-0.1, -0.05) is 0 Å². The van der Waals surface area contributed by atoms with Gasteiger partial charge in [0, 0.05) is 0 Å². The molecule has 57 valence electrons. The van der Waals surface area contributed by atoms with E-state index >= 15 is 0 Å². The van der Waals surface area contributed by atoms with Gasteiger partial charge in [-0.05, 0) is 0 Å². The maximum atomic E-state index is 12.6. The Hall–Kier alpha value is -0.191. The second-order valence-corrected chi connectivity index (χ2v) is 3.04. The van der Waals surface area contributed by atoms with Gasteiger partial charge in [-0.3, -0.25) is 0 Å². The monoisotopic (exact) mass is 265 g/mol. The molecule has 0 spiro atoms. The molecule has 0 atom stereocenters. The molecule has 0 aliphatic heterocycles. The van der Waals surface area contributed by atoms with Gasteiger partial charge < -0.3 is 0 Å². The number of hydrogen-bond acceptors (Lipinski definition) is 0. The van der Waals surface area contributed by atoms with Crippen molar-refractivity contribution < 1.29 is 13.2 Å². The summed E-state index contributed by atoms with van der Waals surface area (Å²) in [5.74, 6) is -2.78. The molecule has 0 nitrogen and oxygen atoms in total. The van der Waals surface area contributed by atoms with E-state index in [1.807, 2.05) is 0 Å². The Morgan fingerprint density at radius 1 is 1.00 bits per heavy atom. The Morgan fingerprint density at radius 3 is 2.09 bits per heavy atom. The molecule has 0 fully saturated rings. The van der Waals surface area contributed by atoms with Crippen LogP contribution in [0.1, 0.15) is 5.56 Å². The zero-order valence-corrected chi connectivity index (χ0v) is 8.35. The Bertz CT molecular complexity index is 273. The van der Waals surface area contributed by atoms with Crippen molar-refractivity contribution in [3.8, 4) is 0 Å². The van der Waals surface area contributed by atoms with E-state index in [9.17, 15) is 13.2 Å². The van der Waals surface area contributed by atoms with Crippen molar-refractivity contribution in [2.45, 2.75) is 4.44 Å². The molecule has 0 aromatic heterocycles. The summed E-state index contributed by atoms with van der Waals surface area (Å²) in [6, 6.07) is 1.48. The van der Waals surface area contributed by atoms with E-state index in [-0.39, 0.29) is 5.56 Å². The van der Waals surface area contributed by atoms with E-state index in [0.29, 0.717) is 10.5 Å². The molecule has 0 saturated heterocycles. The summed E-state index contributed by atoms with van der Waals surface area (Å²) in [5.41, 5.74) is 0.238. The molecule has 0 N–H and O–H groups in total. The van der Waals surface area contributed by atoms with Crippen LogP contribution in [0.2, 0.25) is 0 Å². The molecule has 0 aliphatic carbocycles. The molecule has 0 saturated carbocycles. The average molecular weight is 264 g/mol. The first-order valence-corrected chi connectivity index (χ1v) is 4.95. The van der Waals surface area contributed by atoms with Crippen LogP contribution in [0.25, 0.3) is 0 Å². The molecule has 11 heavy (non-hydrogen) atoms. The molecule has 1 rings (SSSR count). The van der Waals surface area contributed by atoms with Crippen molar-refractivity contribution in [3.63, 3.8) is 0 Å². The third-order valence-corrected chi connectivity index (χ3v) is 2.37. The van der Waals surface area contributed by atoms with Gasteiger partial charge in [0.2, 0.25) is 0 Å². The molecule has 1 aromatic carbocycles. The van der Waals surface area contributed by atoms with Gasteiger partial charge in [-0.25, -0.2) is 0 Å². The van der Waals surface area contributed by atoms with E-state index in [1.54, 1.807) is 0 Å². The van der Waals surface area contributed by atoms with Crippen LogP contribution in [0, 0.1) is 17.5 Å². The second kappa shape index (κ2) is 3.47. The molecular formula is C7H4F3Sn. The molecule has 3 radical (unpaired) electrons. The molecule has 0 unspecified atom stereocenters. The van der Waals surface area contributed by atoms with Crippen LogP contribution in [-0.2, 0) is 4.44 Å². The minimum absolute atomic E-state index is 0.238. The van der Waals surface area contributed by atoms with Gasteiger partial charge in [0.25, 0.3) is 0 Å². The normalized spacial score (nSPS) is 10.2. The van der Waals surface area contributed by atoms with Crippen molar-refractivity contribution in [3.05, 3.63) is 35.1 Å². The summed E-state index contributed by atoms with van der Waals surface area (Å²) in [5, 5.41) is 0. The fourth-order valence-electron chi connectivity index (χ4n) is 0.699. The van der Waals surface area contributed by atoms with Crippen LogP contribution >= 0.6 is 0 Å². The van der Waals surface area contributed by atoms with E-state index in [2.05, 4.69) is 0 Å². The van der Waals surface area contributed by atoms with E-state index in [1.165, 1.54) is 0 Å². The van der Waals surface area contributed by atoms with Crippen LogP contribution in [0.3, 0.4) is 0 Å². The summed E-state index contributed by atoms with van der Waals surface area (Å²) < 4.78 is 37.8. The van der Waals surface area contributed by atoms with E-state index in [0.717, 1.165) is 28.6 Å². The van der Waals surface area contributed by atoms with E-state index < -0.39 is 17.5 Å². The van der Waals surface area contributed by atoms with Gasteiger partial charge in [-0.15, -0.1) is 0 Å². The van der Waals surface area contributed by atoms with Crippen molar-refractivity contribution in [1.82, 2.24) is 0 Å². The van der Waals surface area contributed by atoms with Crippen LogP contribution in [0.4, 0.5) is 13.2 Å². The van der Waals surface area contributed by atoms with Gasteiger partial charge in [0.1, 0.15) is 0 Å². The molecule has 0 bridgehead atoms. The molecule has 4 heteroatoms. The topological polar surface area (TPSA) is 0 Å².